The lowest BCUT2D eigenvalue weighted by Crippen LogP contribution is -2.42. The van der Waals surface area contributed by atoms with Crippen molar-refractivity contribution in [3.05, 3.63) is 76.8 Å². The number of amides is 2. The van der Waals surface area contributed by atoms with Crippen molar-refractivity contribution in [2.45, 2.75) is 51.7 Å². The zero-order valence-electron chi connectivity index (χ0n) is 21.0. The van der Waals surface area contributed by atoms with Crippen LogP contribution in [-0.2, 0) is 9.53 Å². The van der Waals surface area contributed by atoms with Gasteiger partial charge in [-0.15, -0.1) is 0 Å². The molecule has 0 saturated carbocycles. The minimum absolute atomic E-state index is 0.0867. The lowest BCUT2D eigenvalue weighted by atomic mass is 9.91. The Labute approximate surface area is 211 Å². The second-order valence-corrected chi connectivity index (χ2v) is 10.3. The van der Waals surface area contributed by atoms with Crippen LogP contribution in [0.2, 0.25) is 0 Å². The van der Waals surface area contributed by atoms with Gasteiger partial charge in [0.25, 0.3) is 11.8 Å². The Balaban J connectivity index is 1.31. The topological polar surface area (TPSA) is 70.7 Å². The van der Waals surface area contributed by atoms with Crippen molar-refractivity contribution in [2.24, 2.45) is 0 Å². The molecule has 188 valence electrons. The van der Waals surface area contributed by atoms with Gasteiger partial charge in [-0.3, -0.25) is 14.5 Å². The molecule has 2 amide bonds. The van der Waals surface area contributed by atoms with E-state index in [2.05, 4.69) is 22.5 Å². The molecule has 5 rings (SSSR count). The van der Waals surface area contributed by atoms with E-state index in [9.17, 15) is 14.0 Å². The Morgan fingerprint density at radius 1 is 1.19 bits per heavy atom. The molecule has 7 heteroatoms. The molecule has 6 nitrogen and oxygen atoms in total. The van der Waals surface area contributed by atoms with Crippen LogP contribution in [0.4, 0.5) is 10.1 Å². The monoisotopic (exact) mass is 489 g/mol. The molecule has 36 heavy (non-hydrogen) atoms. The number of carbonyl (C=O) groups excluding carboxylic acids is 2. The smallest absolute Gasteiger partial charge is 0.260 e. The Morgan fingerprint density at radius 3 is 2.72 bits per heavy atom. The summed E-state index contributed by atoms with van der Waals surface area (Å²) in [5, 5.41) is 5.75. The molecule has 2 aromatic carbocycles. The Bertz CT molecular complexity index is 1260. The number of nitrogens with one attached hydrogen (secondary N) is 2. The molecule has 0 bridgehead atoms. The lowest BCUT2D eigenvalue weighted by Gasteiger charge is -2.33. The lowest BCUT2D eigenvalue weighted by molar-refractivity contribution is -0.111. The van der Waals surface area contributed by atoms with Gasteiger partial charge < -0.3 is 15.4 Å². The summed E-state index contributed by atoms with van der Waals surface area (Å²) in [7, 11) is 0. The van der Waals surface area contributed by atoms with Crippen LogP contribution in [0.25, 0.3) is 11.1 Å². The molecule has 1 saturated heterocycles. The summed E-state index contributed by atoms with van der Waals surface area (Å²) >= 11 is 0. The summed E-state index contributed by atoms with van der Waals surface area (Å²) in [4.78, 5) is 27.8. The van der Waals surface area contributed by atoms with Crippen LogP contribution in [0.3, 0.4) is 0 Å². The van der Waals surface area contributed by atoms with Gasteiger partial charge in [0.1, 0.15) is 17.2 Å². The predicted molar refractivity (Wildman–Crippen MR) is 139 cm³/mol. The van der Waals surface area contributed by atoms with E-state index in [0.29, 0.717) is 40.7 Å². The second kappa shape index (κ2) is 9.54. The number of hydrogen-bond donors (Lipinski definition) is 2. The number of hydrogen-bond acceptors (Lipinski definition) is 4. The number of piperidine rings is 1. The molecule has 1 fully saturated rings. The molecule has 1 atom stereocenters. The number of benzene rings is 2. The van der Waals surface area contributed by atoms with Gasteiger partial charge in [-0.25, -0.2) is 4.39 Å². The average molecular weight is 490 g/mol. The highest BCUT2D eigenvalue weighted by Crippen LogP contribution is 2.44. The quantitative estimate of drug-likeness (QED) is 0.581. The number of anilines is 1. The molecule has 3 aliphatic rings. The van der Waals surface area contributed by atoms with Crippen molar-refractivity contribution in [1.82, 2.24) is 10.2 Å². The summed E-state index contributed by atoms with van der Waals surface area (Å²) in [6, 6.07) is 12.3. The van der Waals surface area contributed by atoms with Crippen molar-refractivity contribution in [1.29, 1.82) is 0 Å². The fourth-order valence-corrected chi connectivity index (χ4v) is 5.31. The van der Waals surface area contributed by atoms with E-state index < -0.39 is 11.4 Å². The Morgan fingerprint density at radius 2 is 1.97 bits per heavy atom. The minimum Gasteiger partial charge on any atom is -0.482 e. The van der Waals surface area contributed by atoms with Gasteiger partial charge in [0, 0.05) is 35.8 Å². The second-order valence-electron chi connectivity index (χ2n) is 10.3. The van der Waals surface area contributed by atoms with Gasteiger partial charge in [-0.2, -0.15) is 0 Å². The maximum absolute atomic E-state index is 13.6. The van der Waals surface area contributed by atoms with Crippen molar-refractivity contribution in [2.75, 3.05) is 25.0 Å². The number of nitrogens with zero attached hydrogens (tertiary/aromatic N) is 1. The van der Waals surface area contributed by atoms with Gasteiger partial charge in [-0.1, -0.05) is 18.6 Å². The molecule has 0 aromatic heterocycles. The third-order valence-electron chi connectivity index (χ3n) is 7.35. The molecule has 2 aromatic rings. The number of halogens is 1. The van der Waals surface area contributed by atoms with E-state index in [1.54, 1.807) is 6.07 Å². The van der Waals surface area contributed by atoms with E-state index in [1.165, 1.54) is 31.4 Å². The van der Waals surface area contributed by atoms with Crippen molar-refractivity contribution in [3.8, 4) is 0 Å². The first-order valence-electron chi connectivity index (χ1n) is 12.6. The summed E-state index contributed by atoms with van der Waals surface area (Å²) < 4.78 is 19.8. The van der Waals surface area contributed by atoms with Gasteiger partial charge >= 0.3 is 0 Å². The Hall–Kier alpha value is -3.45. The zero-order valence-corrected chi connectivity index (χ0v) is 21.0. The molecular weight excluding hydrogens is 457 g/mol. The summed E-state index contributed by atoms with van der Waals surface area (Å²) in [6.07, 6.45) is 5.60. The van der Waals surface area contributed by atoms with Crippen molar-refractivity contribution < 1.29 is 18.7 Å². The normalized spacial score (nSPS) is 23.1. The average Bonchev–Trinajstić information content (AvgIpc) is 3.34. The third kappa shape index (κ3) is 4.67. The number of carbonyl (C=O) groups is 2. The molecule has 3 heterocycles. The van der Waals surface area contributed by atoms with E-state index in [4.69, 9.17) is 4.74 Å². The van der Waals surface area contributed by atoms with Gasteiger partial charge in [0.05, 0.1) is 11.3 Å². The van der Waals surface area contributed by atoms with Crippen LogP contribution in [0.15, 0.2) is 54.3 Å². The number of allylic oxidation sites excluding steroid dienone is 1. The van der Waals surface area contributed by atoms with Gasteiger partial charge in [0.15, 0.2) is 0 Å². The van der Waals surface area contributed by atoms with Crippen LogP contribution in [0, 0.1) is 5.82 Å². The molecule has 0 spiro atoms. The minimum atomic E-state index is -0.680. The van der Waals surface area contributed by atoms with Crippen LogP contribution in [0.5, 0.6) is 0 Å². The molecule has 2 N–H and O–H groups in total. The third-order valence-corrected chi connectivity index (χ3v) is 7.35. The van der Waals surface area contributed by atoms with E-state index in [1.807, 2.05) is 44.2 Å². The first-order valence-corrected chi connectivity index (χ1v) is 12.6. The fourth-order valence-electron chi connectivity index (χ4n) is 5.31. The highest BCUT2D eigenvalue weighted by molar-refractivity contribution is 6.32. The van der Waals surface area contributed by atoms with Gasteiger partial charge in [-0.05, 0) is 82.1 Å². The Kier molecular flexibility index (Phi) is 6.43. The highest BCUT2D eigenvalue weighted by atomic mass is 19.1. The van der Waals surface area contributed by atoms with Crippen molar-refractivity contribution >= 4 is 28.6 Å². The summed E-state index contributed by atoms with van der Waals surface area (Å²) in [6.45, 7) is 8.72. The SMILES string of the molecule is CC1CCCCN1CCNC(=O)c1ccc(C2=C/C(=C3\C(=O)Nc4cc(F)ccc43)OC2(C)C)cc1. The molecule has 0 radical (unpaired) electrons. The standard InChI is InChI=1S/C29H32FN3O3/c1-18-6-4-5-14-33(18)15-13-31-27(34)20-9-7-19(8-10-20)23-17-25(36-29(23,2)3)26-22-12-11-21(30)16-24(22)32-28(26)35/h7-12,16-18H,4-6,13-15H2,1-3H3,(H,31,34)(H,32,35)/b26-25+. The molecular formula is C29H32FN3O3. The van der Waals surface area contributed by atoms with Crippen LogP contribution >= 0.6 is 0 Å². The fraction of sp³-hybridized carbons (Fsp3) is 0.379. The summed E-state index contributed by atoms with van der Waals surface area (Å²) in [5.74, 6) is -0.359. The number of likely N-dealkylation sites (tertiary alicyclic amines) is 1. The number of fused-ring (bicyclic) bond motifs is 1. The van der Waals surface area contributed by atoms with E-state index in [-0.39, 0.29) is 11.8 Å². The largest absolute Gasteiger partial charge is 0.482 e. The highest BCUT2D eigenvalue weighted by Gasteiger charge is 2.38. The number of rotatable bonds is 5. The van der Waals surface area contributed by atoms with Crippen LogP contribution in [-0.4, -0.2) is 48.0 Å². The van der Waals surface area contributed by atoms with E-state index in [0.717, 1.165) is 24.2 Å². The van der Waals surface area contributed by atoms with Crippen LogP contribution in [0.1, 0.15) is 61.5 Å². The first-order chi connectivity index (χ1) is 17.2. The molecule has 0 aliphatic carbocycles. The van der Waals surface area contributed by atoms with Crippen LogP contribution < -0.4 is 10.6 Å². The molecule has 3 aliphatic heterocycles. The molecule has 1 unspecified atom stereocenters. The number of ether oxygens (including phenoxy) is 1. The zero-order chi connectivity index (χ0) is 25.4. The van der Waals surface area contributed by atoms with Crippen molar-refractivity contribution in [3.63, 3.8) is 0 Å². The van der Waals surface area contributed by atoms with E-state index >= 15 is 0 Å². The summed E-state index contributed by atoms with van der Waals surface area (Å²) in [5.41, 5.74) is 3.19. The maximum atomic E-state index is 13.6. The maximum Gasteiger partial charge on any atom is 0.260 e. The first kappa shape index (κ1) is 24.3. The van der Waals surface area contributed by atoms with Gasteiger partial charge in [0.2, 0.25) is 0 Å². The predicted octanol–water partition coefficient (Wildman–Crippen LogP) is 4.99.